The summed E-state index contributed by atoms with van der Waals surface area (Å²) in [6.07, 6.45) is 3.64. The van der Waals surface area contributed by atoms with Gasteiger partial charge < -0.3 is 0 Å². The van der Waals surface area contributed by atoms with E-state index in [1.165, 1.54) is 6.07 Å². The number of aromatic nitrogens is 1. The van der Waals surface area contributed by atoms with Crippen molar-refractivity contribution < 1.29 is 4.92 Å². The van der Waals surface area contributed by atoms with Crippen molar-refractivity contribution in [3.8, 4) is 11.1 Å². The lowest BCUT2D eigenvalue weighted by Crippen LogP contribution is -1.86. The Balaban J connectivity index is 1.77. The Labute approximate surface area is 147 Å². The number of fused-ring (bicyclic) bond motifs is 1. The van der Waals surface area contributed by atoms with Crippen molar-refractivity contribution >= 4 is 33.5 Å². The molecule has 2 aromatic carbocycles. The van der Waals surface area contributed by atoms with Crippen LogP contribution >= 0.6 is 11.3 Å². The van der Waals surface area contributed by atoms with Crippen LogP contribution in [0.5, 0.6) is 0 Å². The topological polar surface area (TPSA) is 60.4 Å². The van der Waals surface area contributed by atoms with Crippen LogP contribution in [0.2, 0.25) is 0 Å². The standard InChI is InChI=1S/C19H13N3O2S/c23-22(24)19-11-10-15(25-19)12-20-21-13-17(14-6-2-1-3-7-14)16-8-4-5-9-18(16)21/h1-13H. The molecule has 0 atom stereocenters. The highest BCUT2D eigenvalue weighted by Crippen LogP contribution is 2.30. The molecule has 0 N–H and O–H groups in total. The highest BCUT2D eigenvalue weighted by atomic mass is 32.1. The maximum Gasteiger partial charge on any atom is 0.324 e. The normalized spacial score (nSPS) is 11.4. The molecular formula is C19H13N3O2S. The van der Waals surface area contributed by atoms with Gasteiger partial charge >= 0.3 is 5.00 Å². The summed E-state index contributed by atoms with van der Waals surface area (Å²) in [5, 5.41) is 16.5. The Hall–Kier alpha value is -3.25. The third-order valence-electron chi connectivity index (χ3n) is 3.88. The molecule has 0 spiro atoms. The van der Waals surface area contributed by atoms with Gasteiger partial charge in [0, 0.05) is 23.2 Å². The van der Waals surface area contributed by atoms with Crippen LogP contribution in [0, 0.1) is 10.1 Å². The van der Waals surface area contributed by atoms with E-state index in [0.29, 0.717) is 0 Å². The van der Waals surface area contributed by atoms with E-state index in [0.717, 1.165) is 38.2 Å². The zero-order chi connectivity index (χ0) is 17.2. The first-order valence-electron chi connectivity index (χ1n) is 7.66. The summed E-state index contributed by atoms with van der Waals surface area (Å²) in [4.78, 5) is 11.1. The van der Waals surface area contributed by atoms with Gasteiger partial charge in [-0.1, -0.05) is 59.9 Å². The summed E-state index contributed by atoms with van der Waals surface area (Å²) in [6, 6.07) is 21.4. The van der Waals surface area contributed by atoms with Crippen molar-refractivity contribution in [3.05, 3.63) is 87.9 Å². The van der Waals surface area contributed by atoms with Gasteiger partial charge in [0.05, 0.1) is 21.5 Å². The van der Waals surface area contributed by atoms with E-state index in [-0.39, 0.29) is 9.92 Å². The number of hydrogen-bond acceptors (Lipinski definition) is 4. The zero-order valence-corrected chi connectivity index (χ0v) is 13.9. The van der Waals surface area contributed by atoms with Crippen molar-refractivity contribution in [1.29, 1.82) is 0 Å². The van der Waals surface area contributed by atoms with Crippen molar-refractivity contribution in [1.82, 2.24) is 4.68 Å². The zero-order valence-electron chi connectivity index (χ0n) is 13.1. The van der Waals surface area contributed by atoms with Crippen LogP contribution in [-0.2, 0) is 0 Å². The lowest BCUT2D eigenvalue weighted by Gasteiger charge is -1.97. The Morgan fingerprint density at radius 3 is 2.52 bits per heavy atom. The third kappa shape index (κ3) is 2.95. The number of para-hydroxylation sites is 1. The van der Waals surface area contributed by atoms with E-state index in [4.69, 9.17) is 0 Å². The van der Waals surface area contributed by atoms with Gasteiger partial charge in [-0.25, -0.2) is 4.68 Å². The van der Waals surface area contributed by atoms with Gasteiger partial charge in [0.2, 0.25) is 0 Å². The van der Waals surface area contributed by atoms with Gasteiger partial charge in [0.15, 0.2) is 0 Å². The van der Waals surface area contributed by atoms with Crippen molar-refractivity contribution in [2.45, 2.75) is 0 Å². The first kappa shape index (κ1) is 15.3. The van der Waals surface area contributed by atoms with Crippen molar-refractivity contribution in [2.75, 3.05) is 0 Å². The molecule has 0 bridgehead atoms. The average Bonchev–Trinajstić information content (AvgIpc) is 3.26. The van der Waals surface area contributed by atoms with Crippen LogP contribution < -0.4 is 0 Å². The molecule has 0 amide bonds. The lowest BCUT2D eigenvalue weighted by molar-refractivity contribution is -0.380. The van der Waals surface area contributed by atoms with Gasteiger partial charge in [0.25, 0.3) is 0 Å². The summed E-state index contributed by atoms with van der Waals surface area (Å²) < 4.78 is 1.81. The van der Waals surface area contributed by atoms with Crippen molar-refractivity contribution in [2.24, 2.45) is 5.10 Å². The Kier molecular flexibility index (Phi) is 3.87. The minimum atomic E-state index is -0.388. The van der Waals surface area contributed by atoms with Gasteiger partial charge in [-0.2, -0.15) is 5.10 Å². The summed E-state index contributed by atoms with van der Waals surface area (Å²) in [5.41, 5.74) is 3.22. The average molecular weight is 347 g/mol. The molecule has 4 rings (SSSR count). The summed E-state index contributed by atoms with van der Waals surface area (Å²) in [5.74, 6) is 0. The molecular weight excluding hydrogens is 334 g/mol. The number of benzene rings is 2. The van der Waals surface area contributed by atoms with Gasteiger partial charge in [-0.05, 0) is 17.7 Å². The molecule has 4 aromatic rings. The van der Waals surface area contributed by atoms with E-state index in [9.17, 15) is 10.1 Å². The molecule has 0 saturated heterocycles. The maximum atomic E-state index is 10.8. The second-order valence-corrected chi connectivity index (χ2v) is 6.54. The van der Waals surface area contributed by atoms with Crippen molar-refractivity contribution in [3.63, 3.8) is 0 Å². The molecule has 0 aliphatic carbocycles. The molecule has 0 radical (unpaired) electrons. The molecule has 0 fully saturated rings. The highest BCUT2D eigenvalue weighted by Gasteiger charge is 2.10. The van der Waals surface area contributed by atoms with E-state index >= 15 is 0 Å². The molecule has 122 valence electrons. The number of nitrogens with zero attached hydrogens (tertiary/aromatic N) is 3. The van der Waals surface area contributed by atoms with Crippen LogP contribution in [0.25, 0.3) is 22.0 Å². The summed E-state index contributed by atoms with van der Waals surface area (Å²) in [7, 11) is 0. The maximum absolute atomic E-state index is 10.8. The van der Waals surface area contributed by atoms with Crippen LogP contribution in [0.15, 0.2) is 78.0 Å². The Morgan fingerprint density at radius 2 is 1.76 bits per heavy atom. The Bertz CT molecular complexity index is 1080. The predicted octanol–water partition coefficient (Wildman–Crippen LogP) is 5.16. The molecule has 2 heterocycles. The number of nitro groups is 1. The summed E-state index contributed by atoms with van der Waals surface area (Å²) in [6.45, 7) is 0. The van der Waals surface area contributed by atoms with Crippen LogP contribution in [0.3, 0.4) is 0 Å². The monoisotopic (exact) mass is 347 g/mol. The SMILES string of the molecule is O=[N+]([O-])c1ccc(C=Nn2cc(-c3ccccc3)c3ccccc32)s1. The largest absolute Gasteiger partial charge is 0.324 e. The number of thiophene rings is 1. The smallest absolute Gasteiger partial charge is 0.258 e. The molecule has 0 saturated carbocycles. The van der Waals surface area contributed by atoms with E-state index in [2.05, 4.69) is 23.3 Å². The molecule has 0 aliphatic heterocycles. The summed E-state index contributed by atoms with van der Waals surface area (Å²) >= 11 is 1.11. The number of rotatable bonds is 4. The molecule has 5 nitrogen and oxygen atoms in total. The predicted molar refractivity (Wildman–Crippen MR) is 101 cm³/mol. The van der Waals surface area contributed by atoms with E-state index in [1.807, 2.05) is 47.3 Å². The molecule has 6 heteroatoms. The first-order valence-corrected chi connectivity index (χ1v) is 8.48. The minimum absolute atomic E-state index is 0.115. The quantitative estimate of drug-likeness (QED) is 0.291. The van der Waals surface area contributed by atoms with Crippen LogP contribution in [-0.4, -0.2) is 15.8 Å². The van der Waals surface area contributed by atoms with Gasteiger partial charge in [-0.15, -0.1) is 0 Å². The lowest BCUT2D eigenvalue weighted by atomic mass is 10.1. The molecule has 25 heavy (non-hydrogen) atoms. The fraction of sp³-hybridized carbons (Fsp3) is 0. The van der Waals surface area contributed by atoms with E-state index < -0.39 is 0 Å². The highest BCUT2D eigenvalue weighted by molar-refractivity contribution is 7.16. The second-order valence-electron chi connectivity index (χ2n) is 5.45. The Morgan fingerprint density at radius 1 is 1.00 bits per heavy atom. The van der Waals surface area contributed by atoms with Crippen LogP contribution in [0.1, 0.15) is 4.88 Å². The number of hydrogen-bond donors (Lipinski definition) is 0. The second kappa shape index (κ2) is 6.33. The van der Waals surface area contributed by atoms with Gasteiger partial charge in [-0.3, -0.25) is 10.1 Å². The first-order chi connectivity index (χ1) is 12.2. The fourth-order valence-corrected chi connectivity index (χ4v) is 3.42. The fourth-order valence-electron chi connectivity index (χ4n) is 2.73. The molecule has 0 aliphatic rings. The molecule has 0 unspecified atom stereocenters. The third-order valence-corrected chi connectivity index (χ3v) is 4.85. The minimum Gasteiger partial charge on any atom is -0.258 e. The van der Waals surface area contributed by atoms with E-state index in [1.54, 1.807) is 12.3 Å². The molecule has 2 aromatic heterocycles. The van der Waals surface area contributed by atoms with Crippen LogP contribution in [0.4, 0.5) is 5.00 Å². The van der Waals surface area contributed by atoms with Gasteiger partial charge in [0.1, 0.15) is 0 Å².